The van der Waals surface area contributed by atoms with Crippen LogP contribution in [0.3, 0.4) is 0 Å². The second-order valence-electron chi connectivity index (χ2n) is 5.76. The topological polar surface area (TPSA) is 53.9 Å². The molecule has 0 bridgehead atoms. The Morgan fingerprint density at radius 3 is 2.33 bits per heavy atom. The number of hydrogen-bond acceptors (Lipinski definition) is 2. The maximum atomic E-state index is 10.6. The normalized spacial score (nSPS) is 12.7. The van der Waals surface area contributed by atoms with Crippen molar-refractivity contribution in [3.8, 4) is 0 Å². The van der Waals surface area contributed by atoms with Crippen LogP contribution in [-0.4, -0.2) is 14.2 Å². The fraction of sp³-hybridized carbons (Fsp3) is 0.278. The van der Waals surface area contributed by atoms with Crippen LogP contribution in [-0.2, 0) is 13.1 Å². The van der Waals surface area contributed by atoms with E-state index < -0.39 is 6.10 Å². The highest BCUT2D eigenvalue weighted by atomic mass is 35.5. The zero-order valence-corrected chi connectivity index (χ0v) is 14.8. The molecule has 3 aromatic rings. The molecule has 2 aromatic carbocycles. The van der Waals surface area contributed by atoms with Gasteiger partial charge in [0.15, 0.2) is 0 Å². The van der Waals surface area contributed by atoms with Crippen molar-refractivity contribution in [3.63, 3.8) is 0 Å². The summed E-state index contributed by atoms with van der Waals surface area (Å²) in [5, 5.41) is 19.9. The summed E-state index contributed by atoms with van der Waals surface area (Å²) in [4.78, 5) is 0. The summed E-state index contributed by atoms with van der Waals surface area (Å²) in [6.07, 6.45) is 0.176. The van der Waals surface area contributed by atoms with Crippen molar-refractivity contribution in [3.05, 3.63) is 63.7 Å². The summed E-state index contributed by atoms with van der Waals surface area (Å²) >= 11 is 12.0. The number of benzene rings is 2. The fourth-order valence-electron chi connectivity index (χ4n) is 2.93. The zero-order valence-electron chi connectivity index (χ0n) is 13.3. The Kier molecular flexibility index (Phi) is 4.99. The van der Waals surface area contributed by atoms with Crippen LogP contribution in [0.25, 0.3) is 11.0 Å². The van der Waals surface area contributed by atoms with Crippen molar-refractivity contribution in [1.29, 1.82) is 5.41 Å². The Balaban J connectivity index is 2.02. The summed E-state index contributed by atoms with van der Waals surface area (Å²) in [6.45, 7) is 3.15. The molecule has 1 aromatic heterocycles. The molecule has 0 saturated heterocycles. The van der Waals surface area contributed by atoms with E-state index >= 15 is 0 Å². The van der Waals surface area contributed by atoms with Gasteiger partial charge in [0.25, 0.3) is 0 Å². The Morgan fingerprint density at radius 1 is 1.04 bits per heavy atom. The molecule has 126 valence electrons. The first-order chi connectivity index (χ1) is 11.5. The summed E-state index contributed by atoms with van der Waals surface area (Å²) < 4.78 is 3.80. The predicted octanol–water partition coefficient (Wildman–Crippen LogP) is 4.37. The molecule has 0 radical (unpaired) electrons. The Bertz CT molecular complexity index is 930. The molecule has 24 heavy (non-hydrogen) atoms. The summed E-state index contributed by atoms with van der Waals surface area (Å²) in [5.74, 6) is 0. The van der Waals surface area contributed by atoms with E-state index in [1.807, 2.05) is 33.4 Å². The van der Waals surface area contributed by atoms with Crippen molar-refractivity contribution < 1.29 is 5.11 Å². The smallest absolute Gasteiger partial charge is 0.203 e. The van der Waals surface area contributed by atoms with Gasteiger partial charge in [0.1, 0.15) is 0 Å². The number of imidazole rings is 1. The third-order valence-corrected chi connectivity index (χ3v) is 4.84. The molecule has 1 heterocycles. The molecule has 0 aliphatic rings. The van der Waals surface area contributed by atoms with E-state index in [-0.39, 0.29) is 6.54 Å². The van der Waals surface area contributed by atoms with Crippen LogP contribution in [0.2, 0.25) is 10.0 Å². The van der Waals surface area contributed by atoms with Crippen LogP contribution in [0.1, 0.15) is 25.0 Å². The number of nitrogens with one attached hydrogen (secondary N) is 1. The fourth-order valence-corrected chi connectivity index (χ4v) is 3.23. The second kappa shape index (κ2) is 7.01. The highest BCUT2D eigenvalue weighted by molar-refractivity contribution is 6.42. The molecule has 0 fully saturated rings. The minimum Gasteiger partial charge on any atom is -0.387 e. The van der Waals surface area contributed by atoms with E-state index in [1.165, 1.54) is 0 Å². The van der Waals surface area contributed by atoms with Gasteiger partial charge in [-0.05, 0) is 36.2 Å². The first kappa shape index (κ1) is 17.1. The summed E-state index contributed by atoms with van der Waals surface area (Å²) in [6, 6.07) is 13.0. The van der Waals surface area contributed by atoms with Gasteiger partial charge in [0.05, 0.1) is 33.7 Å². The van der Waals surface area contributed by atoms with Crippen molar-refractivity contribution in [2.75, 3.05) is 0 Å². The van der Waals surface area contributed by atoms with Crippen LogP contribution in [0.15, 0.2) is 42.5 Å². The van der Waals surface area contributed by atoms with Gasteiger partial charge in [0, 0.05) is 6.54 Å². The Morgan fingerprint density at radius 2 is 1.71 bits per heavy atom. The number of halogens is 2. The molecule has 0 amide bonds. The molecule has 0 unspecified atom stereocenters. The molecule has 6 heteroatoms. The van der Waals surface area contributed by atoms with Gasteiger partial charge in [-0.1, -0.05) is 48.3 Å². The van der Waals surface area contributed by atoms with E-state index in [2.05, 4.69) is 6.92 Å². The average molecular weight is 364 g/mol. The molecule has 1 atom stereocenters. The number of aliphatic hydroxyl groups is 1. The minimum atomic E-state index is -0.769. The number of fused-ring (bicyclic) bond motifs is 1. The van der Waals surface area contributed by atoms with E-state index in [4.69, 9.17) is 28.6 Å². The Hall–Kier alpha value is -1.75. The van der Waals surface area contributed by atoms with Crippen LogP contribution < -0.4 is 5.62 Å². The third kappa shape index (κ3) is 3.09. The SMILES string of the molecule is CCCn1c(=N)n(C[C@H](O)c2ccc(Cl)c(Cl)c2)c2ccccc21. The van der Waals surface area contributed by atoms with E-state index in [0.29, 0.717) is 21.2 Å². The number of para-hydroxylation sites is 2. The lowest BCUT2D eigenvalue weighted by Crippen LogP contribution is -2.26. The number of aryl methyl sites for hydroxylation is 1. The number of aromatic nitrogens is 2. The molecule has 0 aliphatic heterocycles. The molecular formula is C18H19Cl2N3O. The second-order valence-corrected chi connectivity index (χ2v) is 6.58. The van der Waals surface area contributed by atoms with Crippen molar-refractivity contribution in [1.82, 2.24) is 9.13 Å². The summed E-state index contributed by atoms with van der Waals surface area (Å²) in [7, 11) is 0. The predicted molar refractivity (Wildman–Crippen MR) is 97.5 cm³/mol. The average Bonchev–Trinajstić information content (AvgIpc) is 2.83. The molecule has 2 N–H and O–H groups in total. The van der Waals surface area contributed by atoms with Gasteiger partial charge in [0.2, 0.25) is 5.62 Å². The molecule has 0 aliphatic carbocycles. The lowest BCUT2D eigenvalue weighted by Gasteiger charge is -2.13. The molecule has 4 nitrogen and oxygen atoms in total. The van der Waals surface area contributed by atoms with E-state index in [1.54, 1.807) is 18.2 Å². The van der Waals surface area contributed by atoms with Crippen LogP contribution >= 0.6 is 23.2 Å². The molecule has 0 saturated carbocycles. The summed E-state index contributed by atoms with van der Waals surface area (Å²) in [5.41, 5.74) is 3.02. The van der Waals surface area contributed by atoms with Crippen molar-refractivity contribution in [2.45, 2.75) is 32.5 Å². The van der Waals surface area contributed by atoms with Gasteiger partial charge >= 0.3 is 0 Å². The lowest BCUT2D eigenvalue weighted by atomic mass is 10.1. The van der Waals surface area contributed by atoms with Crippen molar-refractivity contribution in [2.24, 2.45) is 0 Å². The molecule has 3 rings (SSSR count). The largest absolute Gasteiger partial charge is 0.387 e. The monoisotopic (exact) mass is 363 g/mol. The maximum absolute atomic E-state index is 10.6. The zero-order chi connectivity index (χ0) is 17.3. The first-order valence-electron chi connectivity index (χ1n) is 7.88. The van der Waals surface area contributed by atoms with Gasteiger partial charge in [-0.15, -0.1) is 0 Å². The quantitative estimate of drug-likeness (QED) is 0.694. The van der Waals surface area contributed by atoms with Gasteiger partial charge in [-0.25, -0.2) is 0 Å². The van der Waals surface area contributed by atoms with Crippen LogP contribution in [0.4, 0.5) is 0 Å². The van der Waals surface area contributed by atoms with Crippen LogP contribution in [0, 0.1) is 5.41 Å². The minimum absolute atomic E-state index is 0.286. The third-order valence-electron chi connectivity index (χ3n) is 4.11. The standard InChI is InChI=1S/C18H19Cl2N3O/c1-2-9-22-15-5-3-4-6-16(15)23(18(22)21)11-17(24)12-7-8-13(19)14(20)10-12/h3-8,10,17,21,24H,2,9,11H2,1H3/t17-/m0/s1. The molecule has 0 spiro atoms. The maximum Gasteiger partial charge on any atom is 0.203 e. The number of hydrogen-bond donors (Lipinski definition) is 2. The number of aliphatic hydroxyl groups excluding tert-OH is 1. The van der Waals surface area contributed by atoms with E-state index in [9.17, 15) is 5.11 Å². The van der Waals surface area contributed by atoms with Crippen molar-refractivity contribution >= 4 is 34.2 Å². The van der Waals surface area contributed by atoms with E-state index in [0.717, 1.165) is 24.0 Å². The van der Waals surface area contributed by atoms with Gasteiger partial charge in [-0.2, -0.15) is 0 Å². The number of nitrogens with zero attached hydrogens (tertiary/aromatic N) is 2. The first-order valence-corrected chi connectivity index (χ1v) is 8.64. The molecular weight excluding hydrogens is 345 g/mol. The van der Waals surface area contributed by atoms with Crippen LogP contribution in [0.5, 0.6) is 0 Å². The Labute approximate surface area is 150 Å². The van der Waals surface area contributed by atoms with Gasteiger partial charge in [-0.3, -0.25) is 5.41 Å². The highest BCUT2D eigenvalue weighted by Gasteiger charge is 2.15. The highest BCUT2D eigenvalue weighted by Crippen LogP contribution is 2.26. The number of rotatable bonds is 5. The lowest BCUT2D eigenvalue weighted by molar-refractivity contribution is 0.155. The van der Waals surface area contributed by atoms with Gasteiger partial charge < -0.3 is 14.2 Å².